The van der Waals surface area contributed by atoms with Crippen LogP contribution in [-0.2, 0) is 6.42 Å². The van der Waals surface area contributed by atoms with Gasteiger partial charge in [0.05, 0.1) is 0 Å². The zero-order chi connectivity index (χ0) is 13.5. The van der Waals surface area contributed by atoms with Gasteiger partial charge in [0.15, 0.2) is 0 Å². The molecule has 0 saturated carbocycles. The third kappa shape index (κ3) is 4.28. The number of hydrogen-bond donors (Lipinski definition) is 1. The Labute approximate surface area is 115 Å². The van der Waals surface area contributed by atoms with Gasteiger partial charge in [0.25, 0.3) is 0 Å². The Hall–Kier alpha value is -2.04. The fourth-order valence-electron chi connectivity index (χ4n) is 1.90. The van der Waals surface area contributed by atoms with Crippen molar-refractivity contribution < 1.29 is 0 Å². The standard InChI is InChI=1S/C18H19N/c1-15(19)11-13-17-9-5-6-10-18(17)14-12-16-7-3-2-4-8-16/h2-10,15H,11,13,19H2,1H3. The number of hydrogen-bond acceptors (Lipinski definition) is 1. The molecule has 1 heteroatoms. The predicted molar refractivity (Wildman–Crippen MR) is 80.8 cm³/mol. The van der Waals surface area contributed by atoms with E-state index < -0.39 is 0 Å². The van der Waals surface area contributed by atoms with E-state index >= 15 is 0 Å². The van der Waals surface area contributed by atoms with E-state index in [2.05, 4.69) is 30.0 Å². The molecule has 0 saturated heterocycles. The summed E-state index contributed by atoms with van der Waals surface area (Å²) in [4.78, 5) is 0. The molecular weight excluding hydrogens is 230 g/mol. The molecule has 0 fully saturated rings. The van der Waals surface area contributed by atoms with Crippen LogP contribution in [0.3, 0.4) is 0 Å². The maximum atomic E-state index is 5.82. The lowest BCUT2D eigenvalue weighted by Crippen LogP contribution is -2.15. The molecule has 1 unspecified atom stereocenters. The topological polar surface area (TPSA) is 26.0 Å². The van der Waals surface area contributed by atoms with Crippen molar-refractivity contribution in [1.29, 1.82) is 0 Å². The first kappa shape index (κ1) is 13.4. The highest BCUT2D eigenvalue weighted by atomic mass is 14.6. The second-order valence-electron chi connectivity index (χ2n) is 4.79. The summed E-state index contributed by atoms with van der Waals surface area (Å²) in [5.74, 6) is 6.47. The molecule has 19 heavy (non-hydrogen) atoms. The van der Waals surface area contributed by atoms with Crippen LogP contribution < -0.4 is 5.73 Å². The van der Waals surface area contributed by atoms with Crippen molar-refractivity contribution in [1.82, 2.24) is 0 Å². The van der Waals surface area contributed by atoms with Crippen LogP contribution in [0.4, 0.5) is 0 Å². The van der Waals surface area contributed by atoms with Gasteiger partial charge in [0.1, 0.15) is 0 Å². The molecule has 96 valence electrons. The minimum Gasteiger partial charge on any atom is -0.328 e. The van der Waals surface area contributed by atoms with Crippen molar-refractivity contribution >= 4 is 0 Å². The molecule has 0 heterocycles. The first-order valence-corrected chi connectivity index (χ1v) is 6.66. The maximum Gasteiger partial charge on any atom is 0.0281 e. The lowest BCUT2D eigenvalue weighted by molar-refractivity contribution is 0.665. The molecule has 0 aliphatic rings. The Morgan fingerprint density at radius 1 is 0.947 bits per heavy atom. The van der Waals surface area contributed by atoms with Gasteiger partial charge in [0.2, 0.25) is 0 Å². The van der Waals surface area contributed by atoms with Gasteiger partial charge in [-0.3, -0.25) is 0 Å². The summed E-state index contributed by atoms with van der Waals surface area (Å²) in [6, 6.07) is 18.6. The molecule has 0 bridgehead atoms. The molecular formula is C18H19N. The average Bonchev–Trinajstić information content (AvgIpc) is 2.45. The summed E-state index contributed by atoms with van der Waals surface area (Å²) in [5.41, 5.74) is 9.25. The zero-order valence-electron chi connectivity index (χ0n) is 11.3. The fourth-order valence-corrected chi connectivity index (χ4v) is 1.90. The molecule has 1 atom stereocenters. The number of benzene rings is 2. The number of nitrogens with two attached hydrogens (primary N) is 1. The van der Waals surface area contributed by atoms with E-state index in [4.69, 9.17) is 5.73 Å². The molecule has 0 aliphatic heterocycles. The van der Waals surface area contributed by atoms with Gasteiger partial charge in [-0.05, 0) is 43.5 Å². The first-order chi connectivity index (χ1) is 9.25. The van der Waals surface area contributed by atoms with Gasteiger partial charge in [0, 0.05) is 17.2 Å². The van der Waals surface area contributed by atoms with Gasteiger partial charge in [-0.1, -0.05) is 48.2 Å². The molecule has 0 aromatic heterocycles. The van der Waals surface area contributed by atoms with Crippen molar-refractivity contribution in [2.75, 3.05) is 0 Å². The summed E-state index contributed by atoms with van der Waals surface area (Å²) in [6.45, 7) is 2.04. The van der Waals surface area contributed by atoms with Crippen LogP contribution in [0.5, 0.6) is 0 Å². The Morgan fingerprint density at radius 3 is 2.37 bits per heavy atom. The molecule has 0 radical (unpaired) electrons. The zero-order valence-corrected chi connectivity index (χ0v) is 11.3. The Balaban J connectivity index is 2.19. The van der Waals surface area contributed by atoms with Crippen molar-refractivity contribution in [3.05, 3.63) is 71.3 Å². The minimum atomic E-state index is 0.232. The highest BCUT2D eigenvalue weighted by molar-refractivity contribution is 5.46. The number of rotatable bonds is 3. The van der Waals surface area contributed by atoms with Gasteiger partial charge >= 0.3 is 0 Å². The molecule has 0 aliphatic carbocycles. The third-order valence-electron chi connectivity index (χ3n) is 3.00. The van der Waals surface area contributed by atoms with Crippen LogP contribution in [0.15, 0.2) is 54.6 Å². The summed E-state index contributed by atoms with van der Waals surface area (Å²) >= 11 is 0. The quantitative estimate of drug-likeness (QED) is 0.829. The number of aryl methyl sites for hydroxylation is 1. The molecule has 1 nitrogen and oxygen atoms in total. The van der Waals surface area contributed by atoms with Gasteiger partial charge in [-0.25, -0.2) is 0 Å². The summed E-state index contributed by atoms with van der Waals surface area (Å²) in [5, 5.41) is 0. The van der Waals surface area contributed by atoms with Crippen LogP contribution in [0, 0.1) is 11.8 Å². The SMILES string of the molecule is CC(N)CCc1ccccc1C#Cc1ccccc1. The fraction of sp³-hybridized carbons (Fsp3) is 0.222. The van der Waals surface area contributed by atoms with Crippen molar-refractivity contribution in [2.24, 2.45) is 5.73 Å². The summed E-state index contributed by atoms with van der Waals surface area (Å²) < 4.78 is 0. The second kappa shape index (κ2) is 6.78. The maximum absolute atomic E-state index is 5.82. The van der Waals surface area contributed by atoms with Crippen LogP contribution in [0.25, 0.3) is 0 Å². The molecule has 2 aromatic rings. The highest BCUT2D eigenvalue weighted by Crippen LogP contribution is 2.11. The van der Waals surface area contributed by atoms with Gasteiger partial charge in [-0.2, -0.15) is 0 Å². The Kier molecular flexibility index (Phi) is 4.78. The first-order valence-electron chi connectivity index (χ1n) is 6.66. The molecule has 0 amide bonds. The van der Waals surface area contributed by atoms with E-state index in [9.17, 15) is 0 Å². The smallest absolute Gasteiger partial charge is 0.0281 e. The van der Waals surface area contributed by atoms with E-state index in [1.165, 1.54) is 5.56 Å². The highest BCUT2D eigenvalue weighted by Gasteiger charge is 2.01. The monoisotopic (exact) mass is 249 g/mol. The Morgan fingerprint density at radius 2 is 1.63 bits per heavy atom. The van der Waals surface area contributed by atoms with Crippen molar-refractivity contribution in [3.63, 3.8) is 0 Å². The van der Waals surface area contributed by atoms with Crippen LogP contribution in [0.1, 0.15) is 30.0 Å². The molecule has 2 aromatic carbocycles. The van der Waals surface area contributed by atoms with Crippen molar-refractivity contribution in [3.8, 4) is 11.8 Å². The summed E-state index contributed by atoms with van der Waals surface area (Å²) in [7, 11) is 0. The van der Waals surface area contributed by atoms with E-state index in [1.54, 1.807) is 0 Å². The second-order valence-corrected chi connectivity index (χ2v) is 4.79. The minimum absolute atomic E-state index is 0.232. The predicted octanol–water partition coefficient (Wildman–Crippen LogP) is 3.37. The van der Waals surface area contributed by atoms with Gasteiger partial charge in [-0.15, -0.1) is 0 Å². The Bertz CT molecular complexity index is 573. The van der Waals surface area contributed by atoms with Crippen LogP contribution >= 0.6 is 0 Å². The third-order valence-corrected chi connectivity index (χ3v) is 3.00. The van der Waals surface area contributed by atoms with E-state index in [1.807, 2.05) is 43.3 Å². The van der Waals surface area contributed by atoms with E-state index in [0.29, 0.717) is 0 Å². The lowest BCUT2D eigenvalue weighted by Gasteiger charge is -2.06. The average molecular weight is 249 g/mol. The van der Waals surface area contributed by atoms with Crippen LogP contribution in [0.2, 0.25) is 0 Å². The van der Waals surface area contributed by atoms with E-state index in [-0.39, 0.29) is 6.04 Å². The molecule has 2 rings (SSSR count). The summed E-state index contributed by atoms with van der Waals surface area (Å²) in [6.07, 6.45) is 1.97. The van der Waals surface area contributed by atoms with Crippen molar-refractivity contribution in [2.45, 2.75) is 25.8 Å². The normalized spacial score (nSPS) is 11.5. The molecule has 0 spiro atoms. The largest absolute Gasteiger partial charge is 0.328 e. The van der Waals surface area contributed by atoms with E-state index in [0.717, 1.165) is 24.0 Å². The van der Waals surface area contributed by atoms with Gasteiger partial charge < -0.3 is 5.73 Å². The van der Waals surface area contributed by atoms with Crippen LogP contribution in [-0.4, -0.2) is 6.04 Å². The lowest BCUT2D eigenvalue weighted by atomic mass is 10.0. The molecule has 2 N–H and O–H groups in total.